The summed E-state index contributed by atoms with van der Waals surface area (Å²) >= 11 is 0. The number of hydrogen-bond acceptors (Lipinski definition) is 10. The first-order valence-corrected chi connectivity index (χ1v) is 22.1. The van der Waals surface area contributed by atoms with E-state index in [-0.39, 0.29) is 62.4 Å². The summed E-state index contributed by atoms with van der Waals surface area (Å²) in [5, 5.41) is 41.0. The summed E-state index contributed by atoms with van der Waals surface area (Å²) < 4.78 is 13.5. The molecule has 7 rings (SSSR count). The van der Waals surface area contributed by atoms with Crippen LogP contribution in [0.2, 0.25) is 13.1 Å². The number of carboxylic acids is 1. The third kappa shape index (κ3) is 8.14. The number of allylic oxidation sites excluding steroid dienone is 5. The molecule has 0 aromatic heterocycles. The van der Waals surface area contributed by atoms with E-state index in [4.69, 9.17) is 9.47 Å². The number of aromatic carboxylic acids is 1. The minimum Gasteiger partial charge on any atom is -0.478 e. The number of nitrogens with one attached hydrogen (secondary N) is 2. The van der Waals surface area contributed by atoms with Crippen molar-refractivity contribution in [3.05, 3.63) is 126 Å². The normalized spacial score (nSPS) is 16.5. The van der Waals surface area contributed by atoms with Crippen molar-refractivity contribution < 1.29 is 38.6 Å². The van der Waals surface area contributed by atoms with Crippen LogP contribution in [0.4, 0.5) is 22.7 Å². The molecule has 3 aromatic carbocycles. The number of rotatable bonds is 16. The van der Waals surface area contributed by atoms with Crippen molar-refractivity contribution >= 4 is 59.2 Å². The van der Waals surface area contributed by atoms with Gasteiger partial charge in [0.05, 0.1) is 54.3 Å². The Labute approximate surface area is 330 Å². The van der Waals surface area contributed by atoms with Crippen molar-refractivity contribution in [2.75, 3.05) is 75.9 Å². The lowest BCUT2D eigenvalue weighted by Gasteiger charge is -2.40. The van der Waals surface area contributed by atoms with Crippen LogP contribution >= 0.6 is 0 Å². The van der Waals surface area contributed by atoms with Gasteiger partial charge in [-0.1, -0.05) is 19.2 Å². The molecule has 0 saturated carbocycles. The molecule has 3 aliphatic heterocycles. The van der Waals surface area contributed by atoms with Crippen LogP contribution in [0.5, 0.6) is 0 Å². The zero-order valence-electron chi connectivity index (χ0n) is 31.9. The first-order chi connectivity index (χ1) is 27.4. The van der Waals surface area contributed by atoms with E-state index in [1.165, 1.54) is 52.8 Å². The second-order valence-electron chi connectivity index (χ2n) is 14.8. The molecule has 57 heavy (non-hydrogen) atoms. The molecule has 2 fully saturated rings. The van der Waals surface area contributed by atoms with Crippen LogP contribution < -0.4 is 20.7 Å². The number of non-ortho nitro benzene ring substituents is 1. The van der Waals surface area contributed by atoms with Gasteiger partial charge in [0, 0.05) is 55.6 Å². The fourth-order valence-corrected chi connectivity index (χ4v) is 10.7. The van der Waals surface area contributed by atoms with Crippen molar-refractivity contribution in [3.8, 4) is 0 Å². The highest BCUT2D eigenvalue weighted by atomic mass is 28.3. The van der Waals surface area contributed by atoms with E-state index in [1.54, 1.807) is 12.1 Å². The number of ether oxygens (including phenoxy) is 2. The maximum Gasteiger partial charge on any atom is 0.336 e. The van der Waals surface area contributed by atoms with Crippen LogP contribution in [0, 0.1) is 20.2 Å². The fourth-order valence-electron chi connectivity index (χ4n) is 7.59. The summed E-state index contributed by atoms with van der Waals surface area (Å²) in [4.78, 5) is 49.5. The van der Waals surface area contributed by atoms with Crippen molar-refractivity contribution in [1.82, 2.24) is 5.32 Å². The van der Waals surface area contributed by atoms with Gasteiger partial charge in [0.25, 0.3) is 17.3 Å². The molecule has 0 spiro atoms. The summed E-state index contributed by atoms with van der Waals surface area (Å²) in [5.74, 6) is -1.42. The van der Waals surface area contributed by atoms with E-state index in [1.807, 2.05) is 0 Å². The Morgan fingerprint density at radius 2 is 1.63 bits per heavy atom. The Balaban J connectivity index is 1.01. The maximum absolute atomic E-state index is 13.5. The van der Waals surface area contributed by atoms with Crippen molar-refractivity contribution in [3.63, 3.8) is 0 Å². The van der Waals surface area contributed by atoms with Crippen molar-refractivity contribution in [2.45, 2.75) is 25.9 Å². The average molecular weight is 794 g/mol. The van der Waals surface area contributed by atoms with E-state index >= 15 is 0 Å². The van der Waals surface area contributed by atoms with Gasteiger partial charge in [-0.05, 0) is 81.6 Å². The Kier molecular flexibility index (Phi) is 11.5. The predicted octanol–water partition coefficient (Wildman–Crippen LogP) is 4.91. The first-order valence-electron chi connectivity index (χ1n) is 19.1. The number of carboxylic acid groups (broad SMARTS) is 1. The smallest absolute Gasteiger partial charge is 0.336 e. The quantitative estimate of drug-likeness (QED) is 0.0588. The molecule has 296 valence electrons. The van der Waals surface area contributed by atoms with Gasteiger partial charge >= 0.3 is 5.97 Å². The summed E-state index contributed by atoms with van der Waals surface area (Å²) in [7, 11) is -2.25. The Bertz CT molecular complexity index is 2270. The molecule has 0 bridgehead atoms. The van der Waals surface area contributed by atoms with Crippen LogP contribution in [0.25, 0.3) is 5.57 Å². The molecular weight excluding hydrogens is 749 g/mol. The number of benzene rings is 3. The summed E-state index contributed by atoms with van der Waals surface area (Å²) in [6.07, 6.45) is 8.92. The highest BCUT2D eigenvalue weighted by molar-refractivity contribution is 6.98. The molecule has 15 nitrogen and oxygen atoms in total. The lowest BCUT2D eigenvalue weighted by Crippen LogP contribution is -2.50. The molecule has 16 heteroatoms. The standard InChI is InChI=1S/C41H44N6O9Si/c1-57(2)37-25-28(44-15-3-16-44)6-10-32(37)39(33-11-7-29(26-38(33)57)45-17-4-18-45)34-23-27(5-9-31(34)41(49)50)40(48)43-14-20-56-22-21-55-19-13-42-35-12-8-30(46(51)52)24-36(35)47(53)54/h5-12,23-26,42H,3-4,13-22H2,1-2H3,(H-,43,48,49,50)/p+1. The number of nitrogens with zero attached hydrogens (tertiary/aromatic N) is 4. The first kappa shape index (κ1) is 39.3. The van der Waals surface area contributed by atoms with Gasteiger partial charge in [0.2, 0.25) is 0 Å². The molecule has 1 amide bonds. The number of anilines is 2. The average Bonchev–Trinajstić information content (AvgIpc) is 3.14. The van der Waals surface area contributed by atoms with Crippen LogP contribution in [0.3, 0.4) is 0 Å². The highest BCUT2D eigenvalue weighted by Crippen LogP contribution is 2.43. The van der Waals surface area contributed by atoms with Crippen molar-refractivity contribution in [1.29, 1.82) is 0 Å². The van der Waals surface area contributed by atoms with E-state index < -0.39 is 29.6 Å². The lowest BCUT2D eigenvalue weighted by atomic mass is 9.86. The van der Waals surface area contributed by atoms with Crippen LogP contribution in [0.1, 0.15) is 44.7 Å². The van der Waals surface area contributed by atoms with Gasteiger partial charge in [-0.2, -0.15) is 0 Å². The molecule has 3 aromatic rings. The number of amides is 1. The van der Waals surface area contributed by atoms with E-state index in [9.17, 15) is 34.9 Å². The predicted molar refractivity (Wildman–Crippen MR) is 219 cm³/mol. The molecule has 3 heterocycles. The monoisotopic (exact) mass is 793 g/mol. The third-order valence-electron chi connectivity index (χ3n) is 11.0. The number of carbonyl (C=O) groups excluding carboxylic acids is 1. The topological polar surface area (TPSA) is 189 Å². The number of carbonyl (C=O) groups is 2. The van der Waals surface area contributed by atoms with Gasteiger partial charge in [-0.3, -0.25) is 25.0 Å². The van der Waals surface area contributed by atoms with E-state index in [0.717, 1.165) is 49.0 Å². The lowest BCUT2D eigenvalue weighted by molar-refractivity contribution is -0.582. The van der Waals surface area contributed by atoms with Gasteiger partial charge < -0.3 is 30.1 Å². The summed E-state index contributed by atoms with van der Waals surface area (Å²) in [6.45, 7) is 10.1. The van der Waals surface area contributed by atoms with Gasteiger partial charge in [-0.25, -0.2) is 9.37 Å². The zero-order valence-corrected chi connectivity index (χ0v) is 32.9. The van der Waals surface area contributed by atoms with Gasteiger partial charge in [-0.15, -0.1) is 0 Å². The molecule has 0 radical (unpaired) electrons. The van der Waals surface area contributed by atoms with Crippen LogP contribution in [-0.2, 0) is 9.47 Å². The SMILES string of the molecule is C[Si]1(C)C2=CC(=[N+]3CCC3)C=CC2=C(c2cc(C(=O)NCCOCCOCCNc3ccc([N+](=O)[O-])cc3[N+](=O)[O-])ccc2C(=O)O)c2ccc(N3CCC3)cc21. The molecule has 1 aliphatic carbocycles. The molecule has 4 aliphatic rings. The van der Waals surface area contributed by atoms with Crippen molar-refractivity contribution in [2.24, 2.45) is 0 Å². The molecular formula is C41H45N6O9Si+. The Morgan fingerprint density at radius 1 is 0.877 bits per heavy atom. The minimum atomic E-state index is -2.25. The van der Waals surface area contributed by atoms with Crippen LogP contribution in [-0.4, -0.2) is 111 Å². The Hall–Kier alpha value is -5.97. The second kappa shape index (κ2) is 16.6. The Morgan fingerprint density at radius 3 is 2.28 bits per heavy atom. The van der Waals surface area contributed by atoms with E-state index in [2.05, 4.69) is 69.6 Å². The van der Waals surface area contributed by atoms with E-state index in [0.29, 0.717) is 11.1 Å². The number of nitro benzene ring substituents is 2. The molecule has 3 N–H and O–H groups in total. The highest BCUT2D eigenvalue weighted by Gasteiger charge is 2.42. The summed E-state index contributed by atoms with van der Waals surface area (Å²) in [5.41, 5.74) is 5.58. The van der Waals surface area contributed by atoms with Gasteiger partial charge in [0.15, 0.2) is 5.71 Å². The number of hydrogen-bond donors (Lipinski definition) is 3. The number of nitro groups is 2. The third-order valence-corrected chi connectivity index (χ3v) is 14.5. The molecule has 2 saturated heterocycles. The fraction of sp³-hybridized carbons (Fsp3) is 0.341. The zero-order chi connectivity index (χ0) is 40.3. The molecule has 0 unspecified atom stereocenters. The second-order valence-corrected chi connectivity index (χ2v) is 19.2. The largest absolute Gasteiger partial charge is 0.478 e. The molecule has 0 atom stereocenters. The van der Waals surface area contributed by atoms with Crippen LogP contribution in [0.15, 0.2) is 83.6 Å². The minimum absolute atomic E-state index is 0.128. The van der Waals surface area contributed by atoms with Gasteiger partial charge in [0.1, 0.15) is 26.9 Å². The summed E-state index contributed by atoms with van der Waals surface area (Å²) in [6, 6.07) is 14.7. The maximum atomic E-state index is 13.5. The number of fused-ring (bicyclic) bond motifs is 2.